The van der Waals surface area contributed by atoms with Gasteiger partial charge in [0.05, 0.1) is 0 Å². The van der Waals surface area contributed by atoms with E-state index in [1.165, 1.54) is 31.2 Å². The molecule has 0 unspecified atom stereocenters. The summed E-state index contributed by atoms with van der Waals surface area (Å²) in [6, 6.07) is 8.79. The number of benzene rings is 1. The average molecular weight is 470 g/mol. The van der Waals surface area contributed by atoms with Crippen molar-refractivity contribution >= 4 is 41.5 Å². The number of aliphatic imine (C=N–C) groups is 1. The maximum absolute atomic E-state index is 11.8. The van der Waals surface area contributed by atoms with Crippen LogP contribution in [-0.4, -0.2) is 31.5 Å². The molecule has 1 aromatic carbocycles. The molecule has 1 aliphatic heterocycles. The van der Waals surface area contributed by atoms with E-state index in [0.29, 0.717) is 12.5 Å². The number of rotatable bonds is 4. The van der Waals surface area contributed by atoms with E-state index in [-0.39, 0.29) is 29.9 Å². The smallest absolute Gasteiger partial charge is 0.227 e. The Kier molecular flexibility index (Phi) is 8.18. The molecule has 5 nitrogen and oxygen atoms in total. The Hall–Kier alpha value is -1.31. The number of anilines is 1. The van der Waals surface area contributed by atoms with Crippen molar-refractivity contribution in [2.75, 3.05) is 18.5 Å². The first-order valence-electron chi connectivity index (χ1n) is 9.52. The van der Waals surface area contributed by atoms with Crippen molar-refractivity contribution < 1.29 is 4.79 Å². The van der Waals surface area contributed by atoms with Gasteiger partial charge in [0.2, 0.25) is 5.91 Å². The zero-order valence-corrected chi connectivity index (χ0v) is 18.2. The Bertz CT molecular complexity index is 609. The van der Waals surface area contributed by atoms with Crippen LogP contribution in [0.3, 0.4) is 0 Å². The number of carbonyl (C=O) groups excluding carboxylic acids is 1. The van der Waals surface area contributed by atoms with E-state index < -0.39 is 0 Å². The number of nitrogens with zero attached hydrogens (tertiary/aromatic N) is 2. The predicted octanol–water partition coefficient (Wildman–Crippen LogP) is 3.68. The lowest BCUT2D eigenvalue weighted by Crippen LogP contribution is -2.44. The van der Waals surface area contributed by atoms with Crippen molar-refractivity contribution in [1.82, 2.24) is 10.6 Å². The van der Waals surface area contributed by atoms with Gasteiger partial charge in [0.25, 0.3) is 0 Å². The van der Waals surface area contributed by atoms with Crippen LogP contribution in [0.15, 0.2) is 29.3 Å². The van der Waals surface area contributed by atoms with E-state index in [9.17, 15) is 4.79 Å². The summed E-state index contributed by atoms with van der Waals surface area (Å²) in [5.41, 5.74) is 2.20. The molecular weight excluding hydrogens is 439 g/mol. The normalized spacial score (nSPS) is 23.5. The van der Waals surface area contributed by atoms with E-state index in [2.05, 4.69) is 34.7 Å². The van der Waals surface area contributed by atoms with Crippen LogP contribution in [0.2, 0.25) is 0 Å². The van der Waals surface area contributed by atoms with Crippen LogP contribution in [0.4, 0.5) is 5.69 Å². The van der Waals surface area contributed by atoms with Gasteiger partial charge in [-0.15, -0.1) is 24.0 Å². The minimum Gasteiger partial charge on any atom is -0.354 e. The topological polar surface area (TPSA) is 56.7 Å². The lowest BCUT2D eigenvalue weighted by molar-refractivity contribution is -0.117. The number of carbonyl (C=O) groups is 1. The molecular formula is C20H31IN4O. The number of halogens is 1. The van der Waals surface area contributed by atoms with Gasteiger partial charge in [0.15, 0.2) is 5.96 Å². The van der Waals surface area contributed by atoms with Gasteiger partial charge in [0, 0.05) is 38.3 Å². The summed E-state index contributed by atoms with van der Waals surface area (Å²) in [5.74, 6) is 1.96. The van der Waals surface area contributed by atoms with E-state index in [4.69, 9.17) is 0 Å². The second kappa shape index (κ2) is 10.1. The largest absolute Gasteiger partial charge is 0.354 e. The monoisotopic (exact) mass is 470 g/mol. The highest BCUT2D eigenvalue weighted by Gasteiger charge is 2.21. The Morgan fingerprint density at radius 2 is 1.88 bits per heavy atom. The molecule has 0 radical (unpaired) electrons. The lowest BCUT2D eigenvalue weighted by Gasteiger charge is -2.28. The highest BCUT2D eigenvalue weighted by Crippen LogP contribution is 2.23. The van der Waals surface area contributed by atoms with E-state index >= 15 is 0 Å². The van der Waals surface area contributed by atoms with Crippen LogP contribution in [0, 0.1) is 5.92 Å². The van der Waals surface area contributed by atoms with Crippen LogP contribution in [0.5, 0.6) is 0 Å². The Balaban J connectivity index is 0.00000243. The van der Waals surface area contributed by atoms with Gasteiger partial charge >= 0.3 is 0 Å². The molecule has 6 heteroatoms. The summed E-state index contributed by atoms with van der Waals surface area (Å²) in [6.07, 6.45) is 6.67. The van der Waals surface area contributed by atoms with Crippen molar-refractivity contribution in [3.63, 3.8) is 0 Å². The molecule has 1 amide bonds. The van der Waals surface area contributed by atoms with Crippen LogP contribution in [0.25, 0.3) is 0 Å². The molecule has 2 fully saturated rings. The lowest BCUT2D eigenvalue weighted by atomic mass is 9.87. The summed E-state index contributed by atoms with van der Waals surface area (Å²) < 4.78 is 0. The maximum Gasteiger partial charge on any atom is 0.227 e. The van der Waals surface area contributed by atoms with Gasteiger partial charge in [-0.25, -0.2) is 0 Å². The average Bonchev–Trinajstić information content (AvgIpc) is 3.07. The van der Waals surface area contributed by atoms with Crippen molar-refractivity contribution in [3.8, 4) is 0 Å². The number of hydrogen-bond acceptors (Lipinski definition) is 2. The van der Waals surface area contributed by atoms with Gasteiger partial charge in [-0.1, -0.05) is 19.1 Å². The predicted molar refractivity (Wildman–Crippen MR) is 118 cm³/mol. The standard InChI is InChI=1S/C20H30N4O.HI/c1-15-5-9-17(10-6-15)23-20(21-2)22-14-16-7-11-18(12-8-16)24-13-3-4-19(24)25;/h7-8,11-12,15,17H,3-6,9-10,13-14H2,1-2H3,(H2,21,22,23);1H. The van der Waals surface area contributed by atoms with Crippen molar-refractivity contribution in [1.29, 1.82) is 0 Å². The fourth-order valence-corrected chi connectivity index (χ4v) is 3.69. The minimum atomic E-state index is 0. The van der Waals surface area contributed by atoms with Crippen LogP contribution >= 0.6 is 24.0 Å². The fraction of sp³-hybridized carbons (Fsp3) is 0.600. The molecule has 2 aliphatic rings. The van der Waals surface area contributed by atoms with Crippen LogP contribution in [0.1, 0.15) is 51.0 Å². The van der Waals surface area contributed by atoms with E-state index in [0.717, 1.165) is 37.1 Å². The molecule has 1 saturated heterocycles. The maximum atomic E-state index is 11.8. The molecule has 144 valence electrons. The Morgan fingerprint density at radius 1 is 1.19 bits per heavy atom. The number of amides is 1. The summed E-state index contributed by atoms with van der Waals surface area (Å²) >= 11 is 0. The molecule has 0 bridgehead atoms. The zero-order chi connectivity index (χ0) is 17.6. The fourth-order valence-electron chi connectivity index (χ4n) is 3.69. The number of nitrogens with one attached hydrogen (secondary N) is 2. The van der Waals surface area contributed by atoms with Gasteiger partial charge in [-0.2, -0.15) is 0 Å². The van der Waals surface area contributed by atoms with E-state index in [1.807, 2.05) is 24.1 Å². The second-order valence-electron chi connectivity index (χ2n) is 7.34. The molecule has 1 heterocycles. The first-order chi connectivity index (χ1) is 12.2. The van der Waals surface area contributed by atoms with Crippen molar-refractivity contribution in [2.24, 2.45) is 10.9 Å². The first kappa shape index (κ1) is 21.0. The first-order valence-corrected chi connectivity index (χ1v) is 9.52. The molecule has 0 aromatic heterocycles. The summed E-state index contributed by atoms with van der Waals surface area (Å²) in [7, 11) is 1.82. The van der Waals surface area contributed by atoms with Gasteiger partial charge in [-0.05, 0) is 55.7 Å². The molecule has 26 heavy (non-hydrogen) atoms. The van der Waals surface area contributed by atoms with Crippen molar-refractivity contribution in [3.05, 3.63) is 29.8 Å². The third kappa shape index (κ3) is 5.59. The molecule has 1 aromatic rings. The van der Waals surface area contributed by atoms with Gasteiger partial charge in [0.1, 0.15) is 0 Å². The van der Waals surface area contributed by atoms with Crippen LogP contribution < -0.4 is 15.5 Å². The van der Waals surface area contributed by atoms with Crippen LogP contribution in [-0.2, 0) is 11.3 Å². The third-order valence-electron chi connectivity index (χ3n) is 5.36. The quantitative estimate of drug-likeness (QED) is 0.401. The third-order valence-corrected chi connectivity index (χ3v) is 5.36. The summed E-state index contributed by atoms with van der Waals surface area (Å²) in [5, 5.41) is 6.94. The summed E-state index contributed by atoms with van der Waals surface area (Å²) in [6.45, 7) is 3.91. The number of hydrogen-bond donors (Lipinski definition) is 2. The SMILES string of the molecule is CN=C(NCc1ccc(N2CCCC2=O)cc1)NC1CCC(C)CC1.I. The second-order valence-corrected chi connectivity index (χ2v) is 7.34. The Labute approximate surface area is 174 Å². The van der Waals surface area contributed by atoms with Gasteiger partial charge < -0.3 is 15.5 Å². The van der Waals surface area contributed by atoms with Crippen molar-refractivity contribution in [2.45, 2.75) is 58.0 Å². The highest BCUT2D eigenvalue weighted by atomic mass is 127. The van der Waals surface area contributed by atoms with E-state index in [1.54, 1.807) is 0 Å². The molecule has 0 spiro atoms. The van der Waals surface area contributed by atoms with Gasteiger partial charge in [-0.3, -0.25) is 9.79 Å². The highest BCUT2D eigenvalue weighted by molar-refractivity contribution is 14.0. The molecule has 1 aliphatic carbocycles. The molecule has 3 rings (SSSR count). The minimum absolute atomic E-state index is 0. The zero-order valence-electron chi connectivity index (χ0n) is 15.8. The molecule has 1 saturated carbocycles. The number of guanidine groups is 1. The Morgan fingerprint density at radius 3 is 2.46 bits per heavy atom. The summed E-state index contributed by atoms with van der Waals surface area (Å²) in [4.78, 5) is 18.0. The molecule has 0 atom stereocenters. The molecule has 2 N–H and O–H groups in total.